The summed E-state index contributed by atoms with van der Waals surface area (Å²) in [5.41, 5.74) is 0.146. The molecule has 0 amide bonds. The Hall–Kier alpha value is -0.940. The van der Waals surface area contributed by atoms with Crippen LogP contribution < -0.4 is 5.32 Å². The predicted molar refractivity (Wildman–Crippen MR) is 54.3 cm³/mol. The number of hydrogen-bond acceptors (Lipinski definition) is 5. The van der Waals surface area contributed by atoms with Gasteiger partial charge in [0.05, 0.1) is 6.54 Å². The van der Waals surface area contributed by atoms with Gasteiger partial charge in [0.25, 0.3) is 0 Å². The third kappa shape index (κ3) is 2.76. The molecule has 0 bridgehead atoms. The van der Waals surface area contributed by atoms with E-state index in [1.165, 1.54) is 0 Å². The third-order valence-electron chi connectivity index (χ3n) is 2.84. The zero-order valence-corrected chi connectivity index (χ0v) is 9.25. The maximum absolute atomic E-state index is 5.33. The van der Waals surface area contributed by atoms with Gasteiger partial charge < -0.3 is 14.6 Å². The number of ether oxygens (including phenoxy) is 1. The van der Waals surface area contributed by atoms with Crippen LogP contribution in [0.25, 0.3) is 0 Å². The quantitative estimate of drug-likeness (QED) is 0.809. The van der Waals surface area contributed by atoms with Crippen LogP contribution >= 0.6 is 0 Å². The van der Waals surface area contributed by atoms with E-state index in [4.69, 9.17) is 9.26 Å². The van der Waals surface area contributed by atoms with Crippen LogP contribution in [0.3, 0.4) is 0 Å². The van der Waals surface area contributed by atoms with E-state index in [2.05, 4.69) is 22.4 Å². The Bertz CT molecular complexity index is 318. The molecule has 0 spiro atoms. The van der Waals surface area contributed by atoms with E-state index in [0.29, 0.717) is 12.4 Å². The number of nitrogens with one attached hydrogen (secondary N) is 1. The molecule has 1 N–H and O–H groups in total. The summed E-state index contributed by atoms with van der Waals surface area (Å²) in [5, 5.41) is 7.31. The maximum Gasteiger partial charge on any atom is 0.223 e. The highest BCUT2D eigenvalue weighted by Crippen LogP contribution is 2.19. The highest BCUT2D eigenvalue weighted by Gasteiger charge is 2.26. The van der Waals surface area contributed by atoms with E-state index < -0.39 is 0 Å². The third-order valence-corrected chi connectivity index (χ3v) is 2.84. The smallest absolute Gasteiger partial charge is 0.223 e. The van der Waals surface area contributed by atoms with Crippen molar-refractivity contribution in [3.63, 3.8) is 0 Å². The Kier molecular flexibility index (Phi) is 3.02. The Balaban J connectivity index is 1.86. The van der Waals surface area contributed by atoms with Crippen molar-refractivity contribution < 1.29 is 9.26 Å². The second-order valence-corrected chi connectivity index (χ2v) is 4.26. The first-order valence-electron chi connectivity index (χ1n) is 5.30. The largest absolute Gasteiger partial charge is 0.381 e. The van der Waals surface area contributed by atoms with Crippen molar-refractivity contribution in [1.82, 2.24) is 15.5 Å². The van der Waals surface area contributed by atoms with Crippen LogP contribution in [0, 0.1) is 6.92 Å². The first-order valence-corrected chi connectivity index (χ1v) is 5.30. The monoisotopic (exact) mass is 211 g/mol. The fraction of sp³-hybridized carbons (Fsp3) is 0.800. The summed E-state index contributed by atoms with van der Waals surface area (Å²) in [7, 11) is 0. The minimum atomic E-state index is 0.146. The Morgan fingerprint density at radius 2 is 2.13 bits per heavy atom. The molecule has 0 radical (unpaired) electrons. The second-order valence-electron chi connectivity index (χ2n) is 4.26. The molecule has 0 unspecified atom stereocenters. The van der Waals surface area contributed by atoms with Crippen molar-refractivity contribution in [2.75, 3.05) is 13.2 Å². The molecule has 2 rings (SSSR count). The summed E-state index contributed by atoms with van der Waals surface area (Å²) in [6.45, 7) is 6.33. The predicted octanol–water partition coefficient (Wildman–Crippen LogP) is 1.04. The van der Waals surface area contributed by atoms with E-state index in [0.717, 1.165) is 31.9 Å². The van der Waals surface area contributed by atoms with Gasteiger partial charge in [0.1, 0.15) is 0 Å². The average molecular weight is 211 g/mol. The van der Waals surface area contributed by atoms with Crippen LogP contribution in [0.4, 0.5) is 0 Å². The van der Waals surface area contributed by atoms with Crippen molar-refractivity contribution in [3.05, 3.63) is 11.7 Å². The molecule has 1 aliphatic heterocycles. The van der Waals surface area contributed by atoms with Gasteiger partial charge >= 0.3 is 0 Å². The van der Waals surface area contributed by atoms with Crippen LogP contribution in [-0.2, 0) is 11.3 Å². The van der Waals surface area contributed by atoms with Crippen LogP contribution in [0.1, 0.15) is 31.5 Å². The molecule has 2 heterocycles. The van der Waals surface area contributed by atoms with Crippen LogP contribution in [-0.4, -0.2) is 28.9 Å². The molecule has 0 aromatic carbocycles. The first kappa shape index (κ1) is 10.6. The lowest BCUT2D eigenvalue weighted by atomic mass is 9.92. The van der Waals surface area contributed by atoms with Crippen molar-refractivity contribution in [2.45, 2.75) is 38.8 Å². The average Bonchev–Trinajstić information content (AvgIpc) is 2.63. The molecule has 5 heteroatoms. The minimum Gasteiger partial charge on any atom is -0.381 e. The second kappa shape index (κ2) is 4.28. The maximum atomic E-state index is 5.33. The highest BCUT2D eigenvalue weighted by atomic mass is 16.5. The highest BCUT2D eigenvalue weighted by molar-refractivity contribution is 4.90. The SMILES string of the molecule is Cc1nc(CNC2(C)CCOCC2)no1. The zero-order valence-electron chi connectivity index (χ0n) is 9.25. The fourth-order valence-corrected chi connectivity index (χ4v) is 1.70. The number of aryl methyl sites for hydroxylation is 1. The topological polar surface area (TPSA) is 60.2 Å². The summed E-state index contributed by atoms with van der Waals surface area (Å²) in [6.07, 6.45) is 2.06. The summed E-state index contributed by atoms with van der Waals surface area (Å²) in [5.74, 6) is 1.34. The standard InChI is InChI=1S/C10H17N3O2/c1-8-12-9(13-15-8)7-11-10(2)3-5-14-6-4-10/h11H,3-7H2,1-2H3. The number of nitrogens with zero attached hydrogens (tertiary/aromatic N) is 2. The molecule has 84 valence electrons. The molecule has 1 aliphatic rings. The zero-order chi connectivity index (χ0) is 10.7. The van der Waals surface area contributed by atoms with Crippen molar-refractivity contribution in [1.29, 1.82) is 0 Å². The van der Waals surface area contributed by atoms with Gasteiger partial charge in [-0.1, -0.05) is 5.16 Å². The van der Waals surface area contributed by atoms with Gasteiger partial charge in [-0.2, -0.15) is 4.98 Å². The van der Waals surface area contributed by atoms with Gasteiger partial charge in [-0.15, -0.1) is 0 Å². The normalized spacial score (nSPS) is 20.4. The van der Waals surface area contributed by atoms with Crippen LogP contribution in [0.5, 0.6) is 0 Å². The lowest BCUT2D eigenvalue weighted by molar-refractivity contribution is 0.0443. The fourth-order valence-electron chi connectivity index (χ4n) is 1.70. The Labute approximate surface area is 89.2 Å². The molecule has 0 atom stereocenters. The van der Waals surface area contributed by atoms with Gasteiger partial charge in [0.15, 0.2) is 5.82 Å². The summed E-state index contributed by atoms with van der Waals surface area (Å²) >= 11 is 0. The van der Waals surface area contributed by atoms with E-state index in [9.17, 15) is 0 Å². The number of hydrogen-bond donors (Lipinski definition) is 1. The summed E-state index contributed by atoms with van der Waals surface area (Å²) in [6, 6.07) is 0. The molecule has 1 saturated heterocycles. The van der Waals surface area contributed by atoms with E-state index in [-0.39, 0.29) is 5.54 Å². The van der Waals surface area contributed by atoms with Gasteiger partial charge in [0.2, 0.25) is 5.89 Å². The van der Waals surface area contributed by atoms with Crippen molar-refractivity contribution >= 4 is 0 Å². The number of rotatable bonds is 3. The molecule has 1 aromatic rings. The van der Waals surface area contributed by atoms with E-state index >= 15 is 0 Å². The van der Waals surface area contributed by atoms with E-state index in [1.54, 1.807) is 6.92 Å². The molecule has 5 nitrogen and oxygen atoms in total. The van der Waals surface area contributed by atoms with Gasteiger partial charge in [-0.05, 0) is 19.8 Å². The van der Waals surface area contributed by atoms with Gasteiger partial charge in [0, 0.05) is 25.7 Å². The van der Waals surface area contributed by atoms with Gasteiger partial charge in [-0.25, -0.2) is 0 Å². The molecule has 1 aromatic heterocycles. The van der Waals surface area contributed by atoms with E-state index in [1.807, 2.05) is 0 Å². The Morgan fingerprint density at radius 3 is 2.73 bits per heavy atom. The molecule has 0 saturated carbocycles. The molecular weight excluding hydrogens is 194 g/mol. The van der Waals surface area contributed by atoms with Crippen LogP contribution in [0.2, 0.25) is 0 Å². The molecule has 15 heavy (non-hydrogen) atoms. The molecule has 1 fully saturated rings. The Morgan fingerprint density at radius 1 is 1.40 bits per heavy atom. The molecule has 0 aliphatic carbocycles. The van der Waals surface area contributed by atoms with Crippen molar-refractivity contribution in [3.8, 4) is 0 Å². The van der Waals surface area contributed by atoms with Crippen LogP contribution in [0.15, 0.2) is 4.52 Å². The summed E-state index contributed by atoms with van der Waals surface area (Å²) < 4.78 is 10.2. The summed E-state index contributed by atoms with van der Waals surface area (Å²) in [4.78, 5) is 4.15. The van der Waals surface area contributed by atoms with Gasteiger partial charge in [-0.3, -0.25) is 0 Å². The minimum absolute atomic E-state index is 0.146. The lowest BCUT2D eigenvalue weighted by Gasteiger charge is -2.34. The molecular formula is C10H17N3O2. The van der Waals surface area contributed by atoms with Crippen molar-refractivity contribution in [2.24, 2.45) is 0 Å². The first-order chi connectivity index (χ1) is 7.18. The number of aromatic nitrogens is 2. The lowest BCUT2D eigenvalue weighted by Crippen LogP contribution is -2.46.